The fraction of sp³-hybridized carbons (Fsp3) is 0.304. The summed E-state index contributed by atoms with van der Waals surface area (Å²) in [4.78, 5) is 30.3. The highest BCUT2D eigenvalue weighted by atomic mass is 32.2. The third kappa shape index (κ3) is 4.24. The molecule has 6 nitrogen and oxygen atoms in total. The van der Waals surface area contributed by atoms with E-state index in [9.17, 15) is 14.9 Å². The number of carbonyl (C=O) groups excluding carboxylic acids is 1. The van der Waals surface area contributed by atoms with Crippen LogP contribution < -0.4 is 10.9 Å². The van der Waals surface area contributed by atoms with Crippen molar-refractivity contribution in [3.63, 3.8) is 0 Å². The quantitative estimate of drug-likeness (QED) is 0.470. The van der Waals surface area contributed by atoms with Crippen LogP contribution in [-0.2, 0) is 11.3 Å². The van der Waals surface area contributed by atoms with Crippen LogP contribution in [0.3, 0.4) is 0 Å². The zero-order valence-electron chi connectivity index (χ0n) is 16.7. The minimum atomic E-state index is -0.835. The van der Waals surface area contributed by atoms with E-state index in [2.05, 4.69) is 16.4 Å². The molecule has 30 heavy (non-hydrogen) atoms. The summed E-state index contributed by atoms with van der Waals surface area (Å²) in [6.45, 7) is 2.15. The number of nitriles is 1. The van der Waals surface area contributed by atoms with Gasteiger partial charge in [-0.1, -0.05) is 54.2 Å². The number of para-hydroxylation sites is 1. The summed E-state index contributed by atoms with van der Waals surface area (Å²) in [5, 5.41) is 13.4. The van der Waals surface area contributed by atoms with Crippen LogP contribution >= 0.6 is 11.8 Å². The third-order valence-corrected chi connectivity index (χ3v) is 6.34. The van der Waals surface area contributed by atoms with Crippen LogP contribution in [0, 0.1) is 17.2 Å². The molecule has 0 aliphatic heterocycles. The van der Waals surface area contributed by atoms with Gasteiger partial charge in [0.25, 0.3) is 5.56 Å². The predicted octanol–water partition coefficient (Wildman–Crippen LogP) is 3.35. The van der Waals surface area contributed by atoms with Crippen LogP contribution in [0.1, 0.15) is 25.3 Å². The largest absolute Gasteiger partial charge is 0.337 e. The Labute approximate surface area is 178 Å². The minimum Gasteiger partial charge on any atom is -0.337 e. The Bertz CT molecular complexity index is 1180. The zero-order chi connectivity index (χ0) is 21.1. The molecule has 0 spiro atoms. The van der Waals surface area contributed by atoms with Crippen LogP contribution in [0.25, 0.3) is 10.9 Å². The Morgan fingerprint density at radius 1 is 1.23 bits per heavy atom. The van der Waals surface area contributed by atoms with Gasteiger partial charge in [0.15, 0.2) is 5.16 Å². The Kier molecular flexibility index (Phi) is 5.60. The molecule has 1 saturated carbocycles. The first-order valence-corrected chi connectivity index (χ1v) is 10.9. The topological polar surface area (TPSA) is 87.8 Å². The number of aromatic nitrogens is 2. The molecular weight excluding hydrogens is 396 g/mol. The number of fused-ring (bicyclic) bond motifs is 1. The van der Waals surface area contributed by atoms with Gasteiger partial charge < -0.3 is 5.32 Å². The van der Waals surface area contributed by atoms with Gasteiger partial charge in [0.2, 0.25) is 5.91 Å². The number of benzene rings is 2. The van der Waals surface area contributed by atoms with E-state index < -0.39 is 5.54 Å². The fourth-order valence-electron chi connectivity index (χ4n) is 3.50. The van der Waals surface area contributed by atoms with Crippen molar-refractivity contribution in [2.75, 3.05) is 5.75 Å². The van der Waals surface area contributed by atoms with Crippen molar-refractivity contribution >= 4 is 28.6 Å². The SMILES string of the molecule is CC(C#N)(NC(=O)CSc1nc2ccccc2c(=O)n1Cc1ccccc1)C1CC1. The molecule has 0 radical (unpaired) electrons. The molecule has 1 atom stereocenters. The predicted molar refractivity (Wildman–Crippen MR) is 117 cm³/mol. The Balaban J connectivity index is 1.60. The number of rotatable bonds is 7. The molecule has 7 heteroatoms. The van der Waals surface area contributed by atoms with Crippen LogP contribution in [0.15, 0.2) is 64.5 Å². The summed E-state index contributed by atoms with van der Waals surface area (Å²) >= 11 is 1.22. The first kappa shape index (κ1) is 20.2. The molecule has 1 unspecified atom stereocenters. The lowest BCUT2D eigenvalue weighted by Gasteiger charge is -2.22. The van der Waals surface area contributed by atoms with Crippen molar-refractivity contribution in [1.29, 1.82) is 5.26 Å². The Hall–Kier alpha value is -3.11. The van der Waals surface area contributed by atoms with Gasteiger partial charge in [0.05, 0.1) is 29.3 Å². The summed E-state index contributed by atoms with van der Waals surface area (Å²) in [7, 11) is 0. The number of amides is 1. The highest BCUT2D eigenvalue weighted by Crippen LogP contribution is 2.39. The summed E-state index contributed by atoms with van der Waals surface area (Å²) in [5.41, 5.74) is 0.619. The van der Waals surface area contributed by atoms with Gasteiger partial charge >= 0.3 is 0 Å². The number of thioether (sulfide) groups is 1. The summed E-state index contributed by atoms with van der Waals surface area (Å²) in [6, 6.07) is 19.1. The second-order valence-corrected chi connectivity index (χ2v) is 8.66. The first-order valence-electron chi connectivity index (χ1n) is 9.89. The molecule has 1 fully saturated rings. The summed E-state index contributed by atoms with van der Waals surface area (Å²) < 4.78 is 1.61. The highest BCUT2D eigenvalue weighted by Gasteiger charge is 2.42. The second-order valence-electron chi connectivity index (χ2n) is 7.71. The molecule has 152 valence electrons. The first-order chi connectivity index (χ1) is 14.5. The van der Waals surface area contributed by atoms with E-state index in [4.69, 9.17) is 0 Å². The van der Waals surface area contributed by atoms with Gasteiger partial charge in [-0.05, 0) is 43.4 Å². The molecule has 1 aliphatic carbocycles. The molecule has 1 N–H and O–H groups in total. The van der Waals surface area contributed by atoms with Crippen molar-refractivity contribution in [2.24, 2.45) is 5.92 Å². The summed E-state index contributed by atoms with van der Waals surface area (Å²) in [5.74, 6) is 0.0694. The van der Waals surface area contributed by atoms with E-state index in [1.54, 1.807) is 23.6 Å². The monoisotopic (exact) mass is 418 g/mol. The average Bonchev–Trinajstić information content (AvgIpc) is 3.61. The standard InChI is InChI=1S/C23H22N4O2S/c1-23(15-24,17-11-12-17)26-20(28)14-30-22-25-19-10-6-5-9-18(19)21(29)27(22)13-16-7-3-2-4-8-16/h2-10,17H,11-14H2,1H3,(H,26,28). The molecule has 2 aromatic carbocycles. The fourth-order valence-corrected chi connectivity index (χ4v) is 4.30. The average molecular weight is 419 g/mol. The number of carbonyl (C=O) groups is 1. The molecule has 4 rings (SSSR count). The van der Waals surface area contributed by atoms with Crippen LogP contribution in [0.2, 0.25) is 0 Å². The number of hydrogen-bond donors (Lipinski definition) is 1. The van der Waals surface area contributed by atoms with Gasteiger partial charge in [0, 0.05) is 0 Å². The Morgan fingerprint density at radius 3 is 2.63 bits per heavy atom. The number of nitrogens with one attached hydrogen (secondary N) is 1. The molecule has 3 aromatic rings. The van der Waals surface area contributed by atoms with E-state index in [0.717, 1.165) is 18.4 Å². The number of nitrogens with zero attached hydrogens (tertiary/aromatic N) is 3. The molecular formula is C23H22N4O2S. The smallest absolute Gasteiger partial charge is 0.262 e. The zero-order valence-corrected chi connectivity index (χ0v) is 17.5. The second kappa shape index (κ2) is 8.33. The van der Waals surface area contributed by atoms with Crippen molar-refractivity contribution in [1.82, 2.24) is 14.9 Å². The van der Waals surface area contributed by atoms with Crippen molar-refractivity contribution in [3.8, 4) is 6.07 Å². The van der Waals surface area contributed by atoms with E-state index >= 15 is 0 Å². The maximum absolute atomic E-state index is 13.1. The van der Waals surface area contributed by atoms with E-state index in [1.807, 2.05) is 42.5 Å². The number of hydrogen-bond acceptors (Lipinski definition) is 5. The molecule has 0 saturated heterocycles. The van der Waals surface area contributed by atoms with Gasteiger partial charge in [-0.3, -0.25) is 14.2 Å². The summed E-state index contributed by atoms with van der Waals surface area (Å²) in [6.07, 6.45) is 1.92. The highest BCUT2D eigenvalue weighted by molar-refractivity contribution is 7.99. The van der Waals surface area contributed by atoms with Crippen molar-refractivity contribution in [3.05, 3.63) is 70.5 Å². The third-order valence-electron chi connectivity index (χ3n) is 5.37. The van der Waals surface area contributed by atoms with Crippen LogP contribution in [0.5, 0.6) is 0 Å². The lowest BCUT2D eigenvalue weighted by atomic mass is 9.98. The maximum Gasteiger partial charge on any atom is 0.262 e. The molecule has 0 bridgehead atoms. The van der Waals surface area contributed by atoms with E-state index in [1.165, 1.54) is 11.8 Å². The lowest BCUT2D eigenvalue weighted by Crippen LogP contribution is -2.47. The van der Waals surface area contributed by atoms with Crippen LogP contribution in [-0.4, -0.2) is 26.8 Å². The normalized spacial score (nSPS) is 15.3. The minimum absolute atomic E-state index is 0.0869. The lowest BCUT2D eigenvalue weighted by molar-refractivity contribution is -0.119. The van der Waals surface area contributed by atoms with Crippen LogP contribution in [0.4, 0.5) is 0 Å². The van der Waals surface area contributed by atoms with Gasteiger partial charge in [-0.15, -0.1) is 0 Å². The van der Waals surface area contributed by atoms with E-state index in [0.29, 0.717) is 22.6 Å². The van der Waals surface area contributed by atoms with Gasteiger partial charge in [-0.2, -0.15) is 5.26 Å². The van der Waals surface area contributed by atoms with Crippen molar-refractivity contribution < 1.29 is 4.79 Å². The van der Waals surface area contributed by atoms with E-state index in [-0.39, 0.29) is 23.1 Å². The van der Waals surface area contributed by atoms with Crippen molar-refractivity contribution in [2.45, 2.75) is 37.0 Å². The Morgan fingerprint density at radius 2 is 1.93 bits per heavy atom. The van der Waals surface area contributed by atoms with Gasteiger partial charge in [0.1, 0.15) is 5.54 Å². The molecule has 1 heterocycles. The van der Waals surface area contributed by atoms with Gasteiger partial charge in [-0.25, -0.2) is 4.98 Å². The molecule has 1 amide bonds. The molecule has 1 aromatic heterocycles. The molecule has 1 aliphatic rings. The maximum atomic E-state index is 13.1.